The van der Waals surface area contributed by atoms with Crippen LogP contribution in [0, 0.1) is 0 Å². The third kappa shape index (κ3) is 4.04. The van der Waals surface area contributed by atoms with Crippen LogP contribution in [0.4, 0.5) is 0 Å². The third-order valence-electron chi connectivity index (χ3n) is 6.82. The van der Waals surface area contributed by atoms with Crippen LogP contribution in [-0.2, 0) is 12.8 Å². The molecule has 0 radical (unpaired) electrons. The van der Waals surface area contributed by atoms with Crippen LogP contribution < -0.4 is 4.74 Å². The smallest absolute Gasteiger partial charge is 0.253 e. The van der Waals surface area contributed by atoms with Crippen molar-refractivity contribution in [2.75, 3.05) is 26.2 Å². The molecule has 3 aliphatic rings. The SMILES string of the molecule is O=C(c1ccc(OC2CCN(C3Cc4ccccc4C3)CC2)cc1)N1CCCC1. The van der Waals surface area contributed by atoms with Gasteiger partial charge >= 0.3 is 0 Å². The van der Waals surface area contributed by atoms with Gasteiger partial charge in [0, 0.05) is 37.8 Å². The lowest BCUT2D eigenvalue weighted by Crippen LogP contribution is -2.44. The zero-order valence-electron chi connectivity index (χ0n) is 17.1. The highest BCUT2D eigenvalue weighted by molar-refractivity contribution is 5.94. The molecule has 0 unspecified atom stereocenters. The fraction of sp³-hybridized carbons (Fsp3) is 0.480. The van der Waals surface area contributed by atoms with Crippen molar-refractivity contribution in [3.8, 4) is 5.75 Å². The first kappa shape index (κ1) is 18.7. The van der Waals surface area contributed by atoms with E-state index in [4.69, 9.17) is 4.74 Å². The molecule has 2 heterocycles. The van der Waals surface area contributed by atoms with Crippen LogP contribution in [-0.4, -0.2) is 54.0 Å². The molecule has 2 aliphatic heterocycles. The first-order valence-corrected chi connectivity index (χ1v) is 11.1. The number of piperidine rings is 1. The number of rotatable bonds is 4. The van der Waals surface area contributed by atoms with Crippen LogP contribution in [0.25, 0.3) is 0 Å². The van der Waals surface area contributed by atoms with E-state index in [0.717, 1.165) is 63.2 Å². The van der Waals surface area contributed by atoms with Crippen LogP contribution in [0.2, 0.25) is 0 Å². The van der Waals surface area contributed by atoms with Crippen molar-refractivity contribution in [1.29, 1.82) is 0 Å². The van der Waals surface area contributed by atoms with Crippen LogP contribution in [0.1, 0.15) is 47.2 Å². The Hall–Kier alpha value is -2.33. The average molecular weight is 391 g/mol. The van der Waals surface area contributed by atoms with E-state index in [2.05, 4.69) is 29.2 Å². The molecule has 4 heteroatoms. The molecule has 2 aromatic carbocycles. The lowest BCUT2D eigenvalue weighted by molar-refractivity contribution is 0.0775. The highest BCUT2D eigenvalue weighted by Crippen LogP contribution is 2.28. The highest BCUT2D eigenvalue weighted by Gasteiger charge is 2.30. The van der Waals surface area contributed by atoms with Gasteiger partial charge in [0.1, 0.15) is 11.9 Å². The topological polar surface area (TPSA) is 32.8 Å². The maximum atomic E-state index is 12.5. The van der Waals surface area contributed by atoms with Gasteiger partial charge in [-0.05, 0) is 73.9 Å². The Morgan fingerprint density at radius 1 is 0.828 bits per heavy atom. The van der Waals surface area contributed by atoms with Crippen molar-refractivity contribution in [3.05, 3.63) is 65.2 Å². The molecule has 2 saturated heterocycles. The second-order valence-corrected chi connectivity index (χ2v) is 8.71. The monoisotopic (exact) mass is 390 g/mol. The number of benzene rings is 2. The van der Waals surface area contributed by atoms with E-state index in [1.54, 1.807) is 0 Å². The summed E-state index contributed by atoms with van der Waals surface area (Å²) >= 11 is 0. The van der Waals surface area contributed by atoms with Crippen LogP contribution >= 0.6 is 0 Å². The maximum absolute atomic E-state index is 12.5. The van der Waals surface area contributed by atoms with Crippen molar-refractivity contribution in [2.24, 2.45) is 0 Å². The Kier molecular flexibility index (Phi) is 5.28. The molecule has 152 valence electrons. The van der Waals surface area contributed by atoms with E-state index in [1.807, 2.05) is 29.2 Å². The normalized spacial score (nSPS) is 20.8. The molecule has 2 fully saturated rings. The predicted molar refractivity (Wildman–Crippen MR) is 114 cm³/mol. The van der Waals surface area contributed by atoms with Gasteiger partial charge in [0.25, 0.3) is 5.91 Å². The number of carbonyl (C=O) groups is 1. The molecule has 0 bridgehead atoms. The van der Waals surface area contributed by atoms with Crippen molar-refractivity contribution >= 4 is 5.91 Å². The lowest BCUT2D eigenvalue weighted by atomic mass is 10.0. The van der Waals surface area contributed by atoms with Crippen molar-refractivity contribution < 1.29 is 9.53 Å². The summed E-state index contributed by atoms with van der Waals surface area (Å²) in [4.78, 5) is 17.1. The minimum Gasteiger partial charge on any atom is -0.490 e. The second kappa shape index (κ2) is 8.19. The minimum absolute atomic E-state index is 0.153. The fourth-order valence-corrected chi connectivity index (χ4v) is 5.12. The summed E-state index contributed by atoms with van der Waals surface area (Å²) < 4.78 is 6.24. The largest absolute Gasteiger partial charge is 0.490 e. The van der Waals surface area contributed by atoms with Gasteiger partial charge in [-0.1, -0.05) is 24.3 Å². The molecule has 0 N–H and O–H groups in total. The molecule has 1 aliphatic carbocycles. The lowest BCUT2D eigenvalue weighted by Gasteiger charge is -2.36. The van der Waals surface area contributed by atoms with Gasteiger partial charge in [0.15, 0.2) is 0 Å². The van der Waals surface area contributed by atoms with Crippen LogP contribution in [0.5, 0.6) is 5.75 Å². The number of ether oxygens (including phenoxy) is 1. The Morgan fingerprint density at radius 2 is 1.45 bits per heavy atom. The molecule has 0 atom stereocenters. The summed E-state index contributed by atoms with van der Waals surface area (Å²) in [5.41, 5.74) is 3.83. The van der Waals surface area contributed by atoms with Crippen molar-refractivity contribution in [3.63, 3.8) is 0 Å². The van der Waals surface area contributed by atoms with E-state index in [1.165, 1.54) is 24.0 Å². The number of carbonyl (C=O) groups excluding carboxylic acids is 1. The zero-order valence-corrected chi connectivity index (χ0v) is 17.1. The van der Waals surface area contributed by atoms with E-state index in [9.17, 15) is 4.79 Å². The van der Waals surface area contributed by atoms with Gasteiger partial charge in [0.2, 0.25) is 0 Å². The van der Waals surface area contributed by atoms with Crippen molar-refractivity contribution in [2.45, 2.75) is 50.7 Å². The van der Waals surface area contributed by atoms with Crippen molar-refractivity contribution in [1.82, 2.24) is 9.80 Å². The highest BCUT2D eigenvalue weighted by atomic mass is 16.5. The fourth-order valence-electron chi connectivity index (χ4n) is 5.12. The zero-order chi connectivity index (χ0) is 19.6. The van der Waals surface area contributed by atoms with Crippen LogP contribution in [0.3, 0.4) is 0 Å². The number of fused-ring (bicyclic) bond motifs is 1. The maximum Gasteiger partial charge on any atom is 0.253 e. The number of likely N-dealkylation sites (tertiary alicyclic amines) is 2. The first-order chi connectivity index (χ1) is 14.3. The van der Waals surface area contributed by atoms with E-state index in [0.29, 0.717) is 6.04 Å². The standard InChI is InChI=1S/C25H30N2O2/c28-25(27-13-3-4-14-27)19-7-9-23(10-8-19)29-24-11-15-26(16-12-24)22-17-20-5-1-2-6-21(20)18-22/h1-2,5-10,22,24H,3-4,11-18H2. The summed E-state index contributed by atoms with van der Waals surface area (Å²) in [7, 11) is 0. The summed E-state index contributed by atoms with van der Waals surface area (Å²) in [5.74, 6) is 1.04. The minimum atomic E-state index is 0.153. The summed E-state index contributed by atoms with van der Waals surface area (Å²) in [6, 6.07) is 17.3. The van der Waals surface area contributed by atoms with E-state index in [-0.39, 0.29) is 12.0 Å². The second-order valence-electron chi connectivity index (χ2n) is 8.71. The third-order valence-corrected chi connectivity index (χ3v) is 6.82. The molecule has 4 nitrogen and oxygen atoms in total. The quantitative estimate of drug-likeness (QED) is 0.793. The van der Waals surface area contributed by atoms with E-state index >= 15 is 0 Å². The molecule has 29 heavy (non-hydrogen) atoms. The number of hydrogen-bond donors (Lipinski definition) is 0. The average Bonchev–Trinajstić information content (AvgIpc) is 3.44. The molecule has 2 aromatic rings. The molecule has 1 amide bonds. The van der Waals surface area contributed by atoms with Gasteiger partial charge in [-0.15, -0.1) is 0 Å². The number of hydrogen-bond acceptors (Lipinski definition) is 3. The predicted octanol–water partition coefficient (Wildman–Crippen LogP) is 3.93. The summed E-state index contributed by atoms with van der Waals surface area (Å²) in [6.07, 6.45) is 7.04. The van der Waals surface area contributed by atoms with Gasteiger partial charge in [-0.2, -0.15) is 0 Å². The summed E-state index contributed by atoms with van der Waals surface area (Å²) in [6.45, 7) is 3.99. The summed E-state index contributed by atoms with van der Waals surface area (Å²) in [5, 5.41) is 0. The van der Waals surface area contributed by atoms with Gasteiger partial charge < -0.3 is 9.64 Å². The van der Waals surface area contributed by atoms with Crippen LogP contribution in [0.15, 0.2) is 48.5 Å². The Balaban J connectivity index is 1.12. The number of amides is 1. The molecule has 0 spiro atoms. The Bertz CT molecular complexity index is 824. The van der Waals surface area contributed by atoms with E-state index < -0.39 is 0 Å². The van der Waals surface area contributed by atoms with Gasteiger partial charge in [0.05, 0.1) is 0 Å². The van der Waals surface area contributed by atoms with Gasteiger partial charge in [-0.3, -0.25) is 9.69 Å². The Morgan fingerprint density at radius 3 is 2.07 bits per heavy atom. The molecular formula is C25H30N2O2. The molecular weight excluding hydrogens is 360 g/mol. The molecule has 0 aromatic heterocycles. The van der Waals surface area contributed by atoms with Gasteiger partial charge in [-0.25, -0.2) is 0 Å². The first-order valence-electron chi connectivity index (χ1n) is 11.1. The number of nitrogens with zero attached hydrogens (tertiary/aromatic N) is 2. The molecule has 5 rings (SSSR count). The molecule has 0 saturated carbocycles. The Labute approximate surface area is 173 Å².